The number of aryl methyl sites for hydroxylation is 1. The van der Waals surface area contributed by atoms with Crippen molar-refractivity contribution in [3.8, 4) is 0 Å². The Morgan fingerprint density at radius 1 is 1.13 bits per heavy atom. The number of hydrogen-bond acceptors (Lipinski definition) is 4. The molecule has 2 amide bonds. The molecule has 0 aliphatic carbocycles. The van der Waals surface area contributed by atoms with Gasteiger partial charge in [0.2, 0.25) is 5.91 Å². The molecule has 3 aromatic rings. The predicted octanol–water partition coefficient (Wildman–Crippen LogP) is 4.87. The highest BCUT2D eigenvalue weighted by atomic mass is 32.1. The van der Waals surface area contributed by atoms with E-state index in [1.165, 1.54) is 11.3 Å². The van der Waals surface area contributed by atoms with Gasteiger partial charge in [-0.15, -0.1) is 11.3 Å². The van der Waals surface area contributed by atoms with Gasteiger partial charge in [0.05, 0.1) is 17.1 Å². The minimum Gasteiger partial charge on any atom is -0.346 e. The number of amides is 2. The lowest BCUT2D eigenvalue weighted by Crippen LogP contribution is -2.40. The molecule has 6 heteroatoms. The maximum Gasteiger partial charge on any atom is 0.261 e. The first-order chi connectivity index (χ1) is 15.0. The van der Waals surface area contributed by atoms with Crippen LogP contribution >= 0.6 is 11.3 Å². The fourth-order valence-electron chi connectivity index (χ4n) is 4.47. The zero-order valence-corrected chi connectivity index (χ0v) is 19.0. The van der Waals surface area contributed by atoms with E-state index >= 15 is 0 Å². The van der Waals surface area contributed by atoms with Gasteiger partial charge < -0.3 is 10.2 Å². The highest BCUT2D eigenvalue weighted by Crippen LogP contribution is 2.34. The van der Waals surface area contributed by atoms with Crippen molar-refractivity contribution in [3.05, 3.63) is 64.3 Å². The number of nitrogens with zero attached hydrogens (tertiary/aromatic N) is 2. The van der Waals surface area contributed by atoms with Gasteiger partial charge in [0.15, 0.2) is 0 Å². The van der Waals surface area contributed by atoms with Crippen molar-refractivity contribution in [2.45, 2.75) is 58.5 Å². The summed E-state index contributed by atoms with van der Waals surface area (Å²) in [6, 6.07) is 14.2. The predicted molar refractivity (Wildman–Crippen MR) is 125 cm³/mol. The van der Waals surface area contributed by atoms with Crippen LogP contribution in [0, 0.1) is 6.92 Å². The third-order valence-electron chi connectivity index (χ3n) is 6.00. The number of likely N-dealkylation sites (tertiary alicyclic amines) is 1. The molecule has 1 aliphatic heterocycles. The molecule has 0 saturated carbocycles. The summed E-state index contributed by atoms with van der Waals surface area (Å²) in [6.07, 6.45) is 5.03. The SMILES string of the molecule is CC(=O)N1CCCCC[C@@H]1Cc1c(C(=O)NCc2cccc(C)n2)sc2ccccc12. The van der Waals surface area contributed by atoms with E-state index in [0.717, 1.165) is 70.6 Å². The average Bonchev–Trinajstić information content (AvgIpc) is 2.95. The lowest BCUT2D eigenvalue weighted by Gasteiger charge is -2.29. The maximum absolute atomic E-state index is 13.2. The number of fused-ring (bicyclic) bond motifs is 1. The monoisotopic (exact) mass is 435 g/mol. The second kappa shape index (κ2) is 9.60. The van der Waals surface area contributed by atoms with Crippen molar-refractivity contribution < 1.29 is 9.59 Å². The van der Waals surface area contributed by atoms with Gasteiger partial charge in [-0.2, -0.15) is 0 Å². The number of nitrogens with one attached hydrogen (secondary N) is 1. The molecule has 1 fully saturated rings. The topological polar surface area (TPSA) is 62.3 Å². The Kier molecular flexibility index (Phi) is 6.66. The van der Waals surface area contributed by atoms with Crippen molar-refractivity contribution in [3.63, 3.8) is 0 Å². The second-order valence-corrected chi connectivity index (χ2v) is 9.33. The molecule has 1 aliphatic rings. The molecular weight excluding hydrogens is 406 g/mol. The quantitative estimate of drug-likeness (QED) is 0.622. The molecule has 0 bridgehead atoms. The van der Waals surface area contributed by atoms with Crippen LogP contribution in [-0.4, -0.2) is 34.3 Å². The fraction of sp³-hybridized carbons (Fsp3) is 0.400. The van der Waals surface area contributed by atoms with E-state index in [1.807, 2.05) is 42.2 Å². The van der Waals surface area contributed by atoms with E-state index in [1.54, 1.807) is 6.92 Å². The number of pyridine rings is 1. The molecule has 5 nitrogen and oxygen atoms in total. The summed E-state index contributed by atoms with van der Waals surface area (Å²) in [5.41, 5.74) is 2.85. The minimum absolute atomic E-state index is 0.0671. The van der Waals surface area contributed by atoms with Gasteiger partial charge in [-0.3, -0.25) is 14.6 Å². The Labute approximate surface area is 187 Å². The van der Waals surface area contributed by atoms with E-state index < -0.39 is 0 Å². The van der Waals surface area contributed by atoms with Gasteiger partial charge in [0, 0.05) is 29.9 Å². The third kappa shape index (κ3) is 4.96. The molecule has 1 aromatic carbocycles. The summed E-state index contributed by atoms with van der Waals surface area (Å²) >= 11 is 1.54. The number of thiophene rings is 1. The van der Waals surface area contributed by atoms with Gasteiger partial charge in [0.1, 0.15) is 0 Å². The van der Waals surface area contributed by atoms with Crippen LogP contribution in [0.1, 0.15) is 59.2 Å². The van der Waals surface area contributed by atoms with E-state index in [2.05, 4.69) is 22.4 Å². The lowest BCUT2D eigenvalue weighted by molar-refractivity contribution is -0.131. The van der Waals surface area contributed by atoms with Crippen molar-refractivity contribution in [2.24, 2.45) is 0 Å². The molecule has 3 heterocycles. The molecule has 1 saturated heterocycles. The zero-order valence-electron chi connectivity index (χ0n) is 18.2. The second-order valence-electron chi connectivity index (χ2n) is 8.28. The van der Waals surface area contributed by atoms with E-state index in [0.29, 0.717) is 6.54 Å². The largest absolute Gasteiger partial charge is 0.346 e. The van der Waals surface area contributed by atoms with E-state index in [9.17, 15) is 9.59 Å². The van der Waals surface area contributed by atoms with E-state index in [4.69, 9.17) is 0 Å². The first-order valence-electron chi connectivity index (χ1n) is 11.0. The zero-order chi connectivity index (χ0) is 21.8. The summed E-state index contributed by atoms with van der Waals surface area (Å²) in [5, 5.41) is 4.18. The third-order valence-corrected chi connectivity index (χ3v) is 7.21. The highest BCUT2D eigenvalue weighted by Gasteiger charge is 2.27. The number of carbonyl (C=O) groups is 2. The van der Waals surface area contributed by atoms with Crippen LogP contribution in [0.3, 0.4) is 0 Å². The summed E-state index contributed by atoms with van der Waals surface area (Å²) in [6.45, 7) is 4.81. The fourth-order valence-corrected chi connectivity index (χ4v) is 5.62. The number of rotatable bonds is 5. The van der Waals surface area contributed by atoms with Crippen LogP contribution in [-0.2, 0) is 17.8 Å². The lowest BCUT2D eigenvalue weighted by atomic mass is 9.98. The van der Waals surface area contributed by atoms with Gasteiger partial charge in [-0.1, -0.05) is 37.1 Å². The summed E-state index contributed by atoms with van der Waals surface area (Å²) in [7, 11) is 0. The standard InChI is InChI=1S/C25H29N3O2S/c1-17-9-8-10-19(27-17)16-26-25(30)24-22(21-12-5-6-13-23(21)31-24)15-20-11-4-3-7-14-28(20)18(2)29/h5-6,8-10,12-13,20H,3-4,7,11,14-16H2,1-2H3,(H,26,30)/t20-/m1/s1. The van der Waals surface area contributed by atoms with Crippen LogP contribution in [0.15, 0.2) is 42.5 Å². The number of aromatic nitrogens is 1. The summed E-state index contributed by atoms with van der Waals surface area (Å²) in [5.74, 6) is 0.0606. The molecular formula is C25H29N3O2S. The molecule has 1 atom stereocenters. The Balaban J connectivity index is 1.62. The minimum atomic E-state index is -0.0671. The first-order valence-corrected chi connectivity index (χ1v) is 11.8. The van der Waals surface area contributed by atoms with Crippen molar-refractivity contribution in [2.75, 3.05) is 6.54 Å². The van der Waals surface area contributed by atoms with Gasteiger partial charge in [-0.05, 0) is 55.3 Å². The number of carbonyl (C=O) groups excluding carboxylic acids is 2. The summed E-state index contributed by atoms with van der Waals surface area (Å²) < 4.78 is 1.11. The van der Waals surface area contributed by atoms with Crippen LogP contribution in [0.25, 0.3) is 10.1 Å². The molecule has 0 spiro atoms. The van der Waals surface area contributed by atoms with Gasteiger partial charge in [0.25, 0.3) is 5.91 Å². The van der Waals surface area contributed by atoms with Crippen molar-refractivity contribution >= 4 is 33.2 Å². The Hall–Kier alpha value is -2.73. The Morgan fingerprint density at radius 3 is 2.77 bits per heavy atom. The van der Waals surface area contributed by atoms with E-state index in [-0.39, 0.29) is 17.9 Å². The Bertz CT molecular complexity index is 1090. The van der Waals surface area contributed by atoms with Crippen LogP contribution in [0.5, 0.6) is 0 Å². The molecule has 2 aromatic heterocycles. The van der Waals surface area contributed by atoms with Crippen LogP contribution < -0.4 is 5.32 Å². The molecule has 31 heavy (non-hydrogen) atoms. The smallest absolute Gasteiger partial charge is 0.261 e. The van der Waals surface area contributed by atoms with Crippen LogP contribution in [0.4, 0.5) is 0 Å². The molecule has 1 N–H and O–H groups in total. The Morgan fingerprint density at radius 2 is 1.97 bits per heavy atom. The molecule has 0 radical (unpaired) electrons. The van der Waals surface area contributed by atoms with Gasteiger partial charge in [-0.25, -0.2) is 0 Å². The highest BCUT2D eigenvalue weighted by molar-refractivity contribution is 7.21. The maximum atomic E-state index is 13.2. The average molecular weight is 436 g/mol. The molecule has 0 unspecified atom stereocenters. The first kappa shape index (κ1) is 21.5. The molecule has 4 rings (SSSR count). The normalized spacial score (nSPS) is 16.8. The van der Waals surface area contributed by atoms with Crippen molar-refractivity contribution in [1.29, 1.82) is 0 Å². The number of benzene rings is 1. The summed E-state index contributed by atoms with van der Waals surface area (Å²) in [4.78, 5) is 32.8. The van der Waals surface area contributed by atoms with Crippen LogP contribution in [0.2, 0.25) is 0 Å². The van der Waals surface area contributed by atoms with Crippen molar-refractivity contribution in [1.82, 2.24) is 15.2 Å². The number of hydrogen-bond donors (Lipinski definition) is 1. The van der Waals surface area contributed by atoms with Gasteiger partial charge >= 0.3 is 0 Å². The molecule has 162 valence electrons.